The lowest BCUT2D eigenvalue weighted by Crippen LogP contribution is -1.97. The van der Waals surface area contributed by atoms with Crippen LogP contribution >= 0.6 is 22.2 Å². The Morgan fingerprint density at radius 1 is 1.15 bits per heavy atom. The van der Waals surface area contributed by atoms with Crippen LogP contribution in [0.25, 0.3) is 0 Å². The summed E-state index contributed by atoms with van der Waals surface area (Å²) in [5, 5.41) is 1.08. The summed E-state index contributed by atoms with van der Waals surface area (Å²) >= 11 is 11.6. The van der Waals surface area contributed by atoms with Crippen LogP contribution in [0.2, 0.25) is 0 Å². The third-order valence-corrected chi connectivity index (χ3v) is 4.72. The second-order valence-corrected chi connectivity index (χ2v) is 7.91. The standard InChI is InChI=1S/C10H18Cl2Si/c1-3-4-5-6-7-8-9-10(2)13(11)12/h3,13H,1-2,4-9H2. The molecule has 0 fully saturated rings. The van der Waals surface area contributed by atoms with E-state index in [0.29, 0.717) is 0 Å². The van der Waals surface area contributed by atoms with Crippen molar-refractivity contribution in [1.29, 1.82) is 0 Å². The van der Waals surface area contributed by atoms with E-state index in [0.717, 1.165) is 18.0 Å². The van der Waals surface area contributed by atoms with E-state index in [9.17, 15) is 0 Å². The van der Waals surface area contributed by atoms with Gasteiger partial charge in [-0.05, 0) is 25.7 Å². The van der Waals surface area contributed by atoms with E-state index in [2.05, 4.69) is 13.2 Å². The van der Waals surface area contributed by atoms with Gasteiger partial charge in [0.25, 0.3) is 7.42 Å². The van der Waals surface area contributed by atoms with Gasteiger partial charge in [-0.1, -0.05) is 24.1 Å². The lowest BCUT2D eigenvalue weighted by molar-refractivity contribution is 0.650. The van der Waals surface area contributed by atoms with Gasteiger partial charge in [0, 0.05) is 0 Å². The molecule has 0 radical (unpaired) electrons. The van der Waals surface area contributed by atoms with Crippen molar-refractivity contribution < 1.29 is 0 Å². The molecule has 13 heavy (non-hydrogen) atoms. The van der Waals surface area contributed by atoms with E-state index >= 15 is 0 Å². The molecule has 0 nitrogen and oxygen atoms in total. The normalized spacial score (nSPS) is 10.4. The Balaban J connectivity index is 3.16. The summed E-state index contributed by atoms with van der Waals surface area (Å²) < 4.78 is 0. The summed E-state index contributed by atoms with van der Waals surface area (Å²) in [4.78, 5) is 0. The molecule has 0 heterocycles. The second-order valence-electron chi connectivity index (χ2n) is 3.20. The van der Waals surface area contributed by atoms with Crippen LogP contribution in [0.1, 0.15) is 38.5 Å². The van der Waals surface area contributed by atoms with Gasteiger partial charge in [0.05, 0.1) is 0 Å². The molecule has 0 saturated carbocycles. The van der Waals surface area contributed by atoms with Crippen molar-refractivity contribution in [3.05, 3.63) is 24.4 Å². The van der Waals surface area contributed by atoms with Gasteiger partial charge >= 0.3 is 0 Å². The summed E-state index contributed by atoms with van der Waals surface area (Å²) in [6.07, 6.45) is 9.07. The second kappa shape index (κ2) is 8.86. The van der Waals surface area contributed by atoms with Crippen LogP contribution in [-0.2, 0) is 0 Å². The molecule has 3 heteroatoms. The maximum absolute atomic E-state index is 5.78. The minimum absolute atomic E-state index is 1.01. The molecule has 0 spiro atoms. The zero-order valence-electron chi connectivity index (χ0n) is 8.07. The average Bonchev–Trinajstić information content (AvgIpc) is 2.10. The lowest BCUT2D eigenvalue weighted by atomic mass is 10.1. The molecule has 0 aromatic carbocycles. The first-order valence-electron chi connectivity index (χ1n) is 4.75. The highest BCUT2D eigenvalue weighted by molar-refractivity contribution is 7.36. The van der Waals surface area contributed by atoms with Gasteiger partial charge in [-0.25, -0.2) is 0 Å². The van der Waals surface area contributed by atoms with Crippen LogP contribution in [0.3, 0.4) is 0 Å². The molecule has 0 aromatic heterocycles. The van der Waals surface area contributed by atoms with E-state index in [4.69, 9.17) is 22.2 Å². The molecule has 0 atom stereocenters. The molecule has 0 aliphatic rings. The predicted octanol–water partition coefficient (Wildman–Crippen LogP) is 4.31. The Morgan fingerprint density at radius 3 is 2.31 bits per heavy atom. The van der Waals surface area contributed by atoms with Gasteiger partial charge in [-0.2, -0.15) is 0 Å². The van der Waals surface area contributed by atoms with E-state index in [1.165, 1.54) is 25.7 Å². The number of halogens is 2. The Bertz CT molecular complexity index is 155. The van der Waals surface area contributed by atoms with Crippen molar-refractivity contribution in [1.82, 2.24) is 0 Å². The quantitative estimate of drug-likeness (QED) is 0.255. The van der Waals surface area contributed by atoms with Crippen molar-refractivity contribution in [2.45, 2.75) is 38.5 Å². The maximum atomic E-state index is 5.78. The number of hydrogen-bond acceptors (Lipinski definition) is 0. The van der Waals surface area contributed by atoms with Gasteiger partial charge in [0.2, 0.25) is 0 Å². The molecule has 0 amide bonds. The molecular formula is C10H18Cl2Si. The molecule has 0 saturated heterocycles. The third-order valence-electron chi connectivity index (χ3n) is 1.96. The molecular weight excluding hydrogens is 219 g/mol. The van der Waals surface area contributed by atoms with Crippen LogP contribution < -0.4 is 0 Å². The van der Waals surface area contributed by atoms with E-state index in [1.807, 2.05) is 6.08 Å². The van der Waals surface area contributed by atoms with Crippen molar-refractivity contribution >= 4 is 29.6 Å². The van der Waals surface area contributed by atoms with Gasteiger partial charge in [-0.15, -0.1) is 35.3 Å². The number of unbranched alkanes of at least 4 members (excludes halogenated alkanes) is 4. The van der Waals surface area contributed by atoms with Crippen LogP contribution in [0, 0.1) is 0 Å². The Hall–Kier alpha value is 0.277. The maximum Gasteiger partial charge on any atom is 0.262 e. The minimum atomic E-state index is -1.60. The highest BCUT2D eigenvalue weighted by Crippen LogP contribution is 2.15. The molecule has 0 aliphatic heterocycles. The van der Waals surface area contributed by atoms with Gasteiger partial charge in [0.15, 0.2) is 0 Å². The fourth-order valence-corrected chi connectivity index (χ4v) is 2.18. The zero-order valence-corrected chi connectivity index (χ0v) is 10.7. The molecule has 0 aromatic rings. The van der Waals surface area contributed by atoms with Crippen molar-refractivity contribution in [3.63, 3.8) is 0 Å². The smallest absolute Gasteiger partial charge is 0.145 e. The summed E-state index contributed by atoms with van der Waals surface area (Å²) in [6.45, 7) is 7.56. The van der Waals surface area contributed by atoms with Gasteiger partial charge in [-0.3, -0.25) is 0 Å². The van der Waals surface area contributed by atoms with E-state index in [-0.39, 0.29) is 0 Å². The predicted molar refractivity (Wildman–Crippen MR) is 65.9 cm³/mol. The van der Waals surface area contributed by atoms with Crippen LogP contribution in [0.15, 0.2) is 24.4 Å². The summed E-state index contributed by atoms with van der Waals surface area (Å²) in [6, 6.07) is 0. The Labute approximate surface area is 92.6 Å². The highest BCUT2D eigenvalue weighted by Gasteiger charge is 2.05. The van der Waals surface area contributed by atoms with Crippen LogP contribution in [0.5, 0.6) is 0 Å². The minimum Gasteiger partial charge on any atom is -0.145 e. The topological polar surface area (TPSA) is 0 Å². The highest BCUT2D eigenvalue weighted by atomic mass is 35.7. The summed E-state index contributed by atoms with van der Waals surface area (Å²) in [5.41, 5.74) is 0. The van der Waals surface area contributed by atoms with E-state index < -0.39 is 7.42 Å². The number of rotatable bonds is 8. The lowest BCUT2D eigenvalue weighted by Gasteiger charge is -2.03. The molecule has 76 valence electrons. The average molecular weight is 237 g/mol. The summed E-state index contributed by atoms with van der Waals surface area (Å²) in [5.74, 6) is 0. The molecule has 0 bridgehead atoms. The third kappa shape index (κ3) is 8.60. The van der Waals surface area contributed by atoms with Crippen molar-refractivity contribution in [2.75, 3.05) is 0 Å². The van der Waals surface area contributed by atoms with Crippen molar-refractivity contribution in [3.8, 4) is 0 Å². The Morgan fingerprint density at radius 2 is 1.77 bits per heavy atom. The fourth-order valence-electron chi connectivity index (χ4n) is 1.10. The van der Waals surface area contributed by atoms with Crippen LogP contribution in [0.4, 0.5) is 0 Å². The molecule has 0 N–H and O–H groups in total. The number of allylic oxidation sites excluding steroid dienone is 2. The first-order valence-corrected chi connectivity index (χ1v) is 8.82. The zero-order chi connectivity index (χ0) is 10.1. The SMILES string of the molecule is C=CCCCCCCC(=C)[SiH](Cl)Cl. The molecule has 0 unspecified atom stereocenters. The largest absolute Gasteiger partial charge is 0.262 e. The fraction of sp³-hybridized carbons (Fsp3) is 0.600. The first-order chi connectivity index (χ1) is 6.18. The Kier molecular flexibility index (Phi) is 9.05. The van der Waals surface area contributed by atoms with Crippen molar-refractivity contribution in [2.24, 2.45) is 0 Å². The van der Waals surface area contributed by atoms with Gasteiger partial charge in [0.1, 0.15) is 0 Å². The van der Waals surface area contributed by atoms with Crippen LogP contribution in [-0.4, -0.2) is 7.42 Å². The van der Waals surface area contributed by atoms with E-state index in [1.54, 1.807) is 0 Å². The first kappa shape index (κ1) is 13.3. The summed E-state index contributed by atoms with van der Waals surface area (Å²) in [7, 11) is -1.60. The molecule has 0 aliphatic carbocycles. The molecule has 0 rings (SSSR count). The monoisotopic (exact) mass is 236 g/mol. The van der Waals surface area contributed by atoms with Gasteiger partial charge < -0.3 is 0 Å². The number of hydrogen-bond donors (Lipinski definition) is 0.